The summed E-state index contributed by atoms with van der Waals surface area (Å²) in [6.45, 7) is 0.523. The monoisotopic (exact) mass is 654 g/mol. The highest BCUT2D eigenvalue weighted by Gasteiger charge is 2.46. The molecule has 21 heteroatoms. The molecule has 2 atom stereocenters. The minimum absolute atomic E-state index is 0.00138. The summed E-state index contributed by atoms with van der Waals surface area (Å²) in [5.74, 6) is -1.22. The van der Waals surface area contributed by atoms with Crippen LogP contribution in [0.4, 0.5) is 24.9 Å². The normalized spacial score (nSPS) is 16.4. The molecule has 0 bridgehead atoms. The number of aromatic nitrogens is 8. The second kappa shape index (κ2) is 11.8. The van der Waals surface area contributed by atoms with Crippen molar-refractivity contribution < 1.29 is 36.8 Å². The Bertz CT molecular complexity index is 1920. The highest BCUT2D eigenvalue weighted by molar-refractivity contribution is 7.46. The van der Waals surface area contributed by atoms with E-state index in [1.807, 2.05) is 0 Å². The maximum Gasteiger partial charge on any atom is 0.471 e. The van der Waals surface area contributed by atoms with Gasteiger partial charge in [-0.2, -0.15) is 13.2 Å². The number of carbonyl (C=O) groups is 1. The summed E-state index contributed by atoms with van der Waals surface area (Å²) in [4.78, 5) is 80.1. The van der Waals surface area contributed by atoms with Gasteiger partial charge in [0.1, 0.15) is 18.8 Å². The fourth-order valence-electron chi connectivity index (χ4n) is 4.95. The van der Waals surface area contributed by atoms with E-state index in [0.29, 0.717) is 6.42 Å². The Kier molecular flexibility index (Phi) is 8.34. The second-order valence-corrected chi connectivity index (χ2v) is 11.4. The van der Waals surface area contributed by atoms with E-state index in [9.17, 15) is 41.9 Å². The lowest BCUT2D eigenvalue weighted by molar-refractivity contribution is -0.146. The summed E-state index contributed by atoms with van der Waals surface area (Å²) in [6, 6.07) is -2.95. The second-order valence-electron chi connectivity index (χ2n) is 10.1. The van der Waals surface area contributed by atoms with E-state index in [4.69, 9.17) is 0 Å². The van der Waals surface area contributed by atoms with Gasteiger partial charge in [-0.25, -0.2) is 29.3 Å². The largest absolute Gasteiger partial charge is 0.471 e. The number of hydrogen-bond acceptors (Lipinski definition) is 11. The first-order chi connectivity index (χ1) is 21.1. The lowest BCUT2D eigenvalue weighted by Crippen LogP contribution is -2.42. The molecule has 0 spiro atoms. The van der Waals surface area contributed by atoms with Gasteiger partial charge in [-0.15, -0.1) is 0 Å². The number of imidazole rings is 1. The Morgan fingerprint density at radius 3 is 2.47 bits per heavy atom. The first kappa shape index (κ1) is 31.9. The minimum Gasteiger partial charge on any atom is -0.329 e. The van der Waals surface area contributed by atoms with Gasteiger partial charge in [0.2, 0.25) is 5.95 Å². The summed E-state index contributed by atoms with van der Waals surface area (Å²) in [5.41, 5.74) is -1.16. The number of halogens is 3. The van der Waals surface area contributed by atoms with E-state index in [-0.39, 0.29) is 47.2 Å². The third-order valence-corrected chi connectivity index (χ3v) is 7.74. The minimum atomic E-state index is -5.10. The molecule has 1 fully saturated rings. The zero-order valence-electron chi connectivity index (χ0n) is 23.9. The van der Waals surface area contributed by atoms with Crippen LogP contribution in [0.1, 0.15) is 25.8 Å². The number of rotatable bonds is 8. The van der Waals surface area contributed by atoms with Gasteiger partial charge in [-0.3, -0.25) is 33.1 Å². The quantitative estimate of drug-likeness (QED) is 0.200. The molecular weight excluding hydrogens is 628 g/mol. The maximum absolute atomic E-state index is 13.8. The molecule has 240 valence electrons. The van der Waals surface area contributed by atoms with Gasteiger partial charge in [0, 0.05) is 38.6 Å². The van der Waals surface area contributed by atoms with Crippen LogP contribution in [0, 0.1) is 0 Å². The van der Waals surface area contributed by atoms with E-state index in [2.05, 4.69) is 29.4 Å². The molecule has 4 aromatic rings. The van der Waals surface area contributed by atoms with Crippen LogP contribution in [0.5, 0.6) is 0 Å². The van der Waals surface area contributed by atoms with Gasteiger partial charge in [0.05, 0.1) is 24.4 Å². The summed E-state index contributed by atoms with van der Waals surface area (Å²) in [6.07, 6.45) is 1.81. The van der Waals surface area contributed by atoms with Gasteiger partial charge in [0.25, 0.3) is 11.5 Å². The molecule has 17 nitrogen and oxygen atoms in total. The van der Waals surface area contributed by atoms with Crippen LogP contribution in [-0.2, 0) is 28.0 Å². The smallest absolute Gasteiger partial charge is 0.329 e. The number of anilines is 2. The van der Waals surface area contributed by atoms with Crippen molar-refractivity contribution in [2.75, 3.05) is 23.1 Å². The number of fused-ring (bicyclic) bond motifs is 1. The molecule has 1 aliphatic heterocycles. The molecule has 1 amide bonds. The molecule has 45 heavy (non-hydrogen) atoms. The molecule has 5 rings (SSSR count). The highest BCUT2D eigenvalue weighted by atomic mass is 31.2. The van der Waals surface area contributed by atoms with E-state index in [1.165, 1.54) is 50.5 Å². The zero-order valence-corrected chi connectivity index (χ0v) is 24.8. The van der Waals surface area contributed by atoms with Crippen molar-refractivity contribution in [2.45, 2.75) is 38.0 Å². The van der Waals surface area contributed by atoms with Crippen molar-refractivity contribution >= 4 is 36.7 Å². The summed E-state index contributed by atoms with van der Waals surface area (Å²) in [5, 5.41) is 0. The SMILES string of the molecule is CC(C(=O)N(COP(=O)(O)O)c1cncc(-c2cnc(N3CCC[C@H]3C(F)(F)F)nc2)n1)n1cnc2c1c(=O)n(C)c(=O)n2C. The number of phosphoric acid groups is 1. The topological polar surface area (TPSA) is 204 Å². The van der Waals surface area contributed by atoms with Crippen molar-refractivity contribution in [3.63, 3.8) is 0 Å². The standard InChI is InChI=1S/C24H26F3N10O7P/c1-13(36-11-31-19-18(36)21(39)34(3)23(40)33(19)2)20(38)37(12-44-45(41,42)43)17-10-28-9-15(32-17)14-7-29-22(30-8-14)35-6-4-5-16(35)24(25,26)27/h7-11,13,16H,4-6,12H2,1-3H3,(H2,41,42,43)/t13?,16-/m0/s1. The van der Waals surface area contributed by atoms with Gasteiger partial charge >= 0.3 is 19.7 Å². The van der Waals surface area contributed by atoms with Crippen molar-refractivity contribution in [3.8, 4) is 11.3 Å². The van der Waals surface area contributed by atoms with Crippen LogP contribution >= 0.6 is 7.82 Å². The molecule has 2 N–H and O–H groups in total. The van der Waals surface area contributed by atoms with Crippen LogP contribution in [-0.4, -0.2) is 79.8 Å². The molecule has 4 aromatic heterocycles. The maximum atomic E-state index is 13.8. The average molecular weight is 655 g/mol. The third kappa shape index (κ3) is 6.21. The number of hydrogen-bond donors (Lipinski definition) is 2. The lowest BCUT2D eigenvalue weighted by atomic mass is 10.2. The zero-order chi connectivity index (χ0) is 32.8. The summed E-state index contributed by atoms with van der Waals surface area (Å²) < 4.78 is 59.5. The molecule has 0 saturated carbocycles. The first-order valence-electron chi connectivity index (χ1n) is 13.2. The number of phosphoric ester groups is 1. The van der Waals surface area contributed by atoms with Crippen molar-refractivity contribution in [3.05, 3.63) is 52.0 Å². The molecule has 5 heterocycles. The molecule has 1 saturated heterocycles. The van der Waals surface area contributed by atoms with Crippen LogP contribution < -0.4 is 21.0 Å². The Labute approximate surface area is 250 Å². The van der Waals surface area contributed by atoms with Crippen molar-refractivity contribution in [1.82, 2.24) is 38.6 Å². The molecule has 0 aliphatic carbocycles. The number of carbonyl (C=O) groups excluding carboxylic acids is 1. The van der Waals surface area contributed by atoms with Gasteiger partial charge in [-0.1, -0.05) is 0 Å². The highest BCUT2D eigenvalue weighted by Crippen LogP contribution is 2.37. The van der Waals surface area contributed by atoms with Crippen molar-refractivity contribution in [1.29, 1.82) is 0 Å². The summed E-state index contributed by atoms with van der Waals surface area (Å²) in [7, 11) is -2.45. The number of aryl methyl sites for hydroxylation is 1. The van der Waals surface area contributed by atoms with Gasteiger partial charge in [-0.05, 0) is 19.8 Å². The Hall–Kier alpha value is -4.52. The van der Waals surface area contributed by atoms with Crippen LogP contribution in [0.25, 0.3) is 22.4 Å². The third-order valence-electron chi connectivity index (χ3n) is 7.29. The Balaban J connectivity index is 1.48. The molecule has 1 aliphatic rings. The molecule has 0 aromatic carbocycles. The van der Waals surface area contributed by atoms with E-state index >= 15 is 0 Å². The van der Waals surface area contributed by atoms with Gasteiger partial charge < -0.3 is 19.3 Å². The molecule has 1 unspecified atom stereocenters. The number of amides is 1. The van der Waals surface area contributed by atoms with Crippen LogP contribution in [0.15, 0.2) is 40.7 Å². The average Bonchev–Trinajstić information content (AvgIpc) is 3.67. The first-order valence-corrected chi connectivity index (χ1v) is 14.7. The molecular formula is C24H26F3N10O7P. The van der Waals surface area contributed by atoms with E-state index in [0.717, 1.165) is 25.1 Å². The van der Waals surface area contributed by atoms with Crippen LogP contribution in [0.3, 0.4) is 0 Å². The fourth-order valence-corrected chi connectivity index (χ4v) is 5.22. The van der Waals surface area contributed by atoms with E-state index in [1.54, 1.807) is 0 Å². The fraction of sp³-hybridized carbons (Fsp3) is 0.417. The number of nitrogens with zero attached hydrogens (tertiary/aromatic N) is 10. The Morgan fingerprint density at radius 1 is 1.13 bits per heavy atom. The summed E-state index contributed by atoms with van der Waals surface area (Å²) >= 11 is 0. The lowest BCUT2D eigenvalue weighted by Gasteiger charge is -2.26. The van der Waals surface area contributed by atoms with Crippen LogP contribution in [0.2, 0.25) is 0 Å². The van der Waals surface area contributed by atoms with E-state index < -0.39 is 50.0 Å². The Morgan fingerprint density at radius 2 is 1.82 bits per heavy atom. The predicted molar refractivity (Wildman–Crippen MR) is 150 cm³/mol. The predicted octanol–water partition coefficient (Wildman–Crippen LogP) is 0.873. The van der Waals surface area contributed by atoms with Crippen molar-refractivity contribution in [2.24, 2.45) is 14.1 Å². The molecule has 0 radical (unpaired) electrons. The van der Waals surface area contributed by atoms with Gasteiger partial charge in [0.15, 0.2) is 17.0 Å². The number of alkyl halides is 3.